The number of likely N-dealkylation sites (N-methyl/N-ethyl adjacent to an activating group) is 1. The number of unbranched alkanes of at least 4 members (excludes halogenated alkanes) is 18. The first-order chi connectivity index (χ1) is 14.8. The predicted molar refractivity (Wildman–Crippen MR) is 134 cm³/mol. The van der Waals surface area contributed by atoms with Crippen LogP contribution in [0.2, 0.25) is 0 Å². The Morgan fingerprint density at radius 1 is 0.533 bits per heavy atom. The Labute approximate surface area is 190 Å². The summed E-state index contributed by atoms with van der Waals surface area (Å²) in [4.78, 5) is 14.5. The van der Waals surface area contributed by atoms with Gasteiger partial charge in [-0.25, -0.2) is 0 Å². The first-order valence-electron chi connectivity index (χ1n) is 13.7. The Hall–Kier alpha value is -0.570. The van der Waals surface area contributed by atoms with Gasteiger partial charge in [-0.05, 0) is 19.9 Å². The van der Waals surface area contributed by atoms with Crippen LogP contribution in [0.5, 0.6) is 0 Å². The zero-order chi connectivity index (χ0) is 22.1. The lowest BCUT2D eigenvalue weighted by Crippen LogP contribution is -2.38. The van der Waals surface area contributed by atoms with Crippen molar-refractivity contribution in [2.45, 2.75) is 142 Å². The first-order valence-corrected chi connectivity index (χ1v) is 13.7. The van der Waals surface area contributed by atoms with E-state index in [-0.39, 0.29) is 5.91 Å². The van der Waals surface area contributed by atoms with E-state index >= 15 is 0 Å². The first kappa shape index (κ1) is 29.4. The van der Waals surface area contributed by atoms with Crippen LogP contribution in [0, 0.1) is 0 Å². The third-order valence-corrected chi connectivity index (χ3v) is 6.24. The molecule has 0 saturated carbocycles. The molecule has 3 heteroatoms. The van der Waals surface area contributed by atoms with Crippen LogP contribution in [-0.2, 0) is 4.79 Å². The number of nitrogens with one attached hydrogen (secondary N) is 1. The van der Waals surface area contributed by atoms with Gasteiger partial charge in [0.05, 0.1) is 6.54 Å². The maximum absolute atomic E-state index is 12.4. The van der Waals surface area contributed by atoms with Gasteiger partial charge >= 0.3 is 0 Å². The third kappa shape index (κ3) is 20.7. The van der Waals surface area contributed by atoms with E-state index in [1.54, 1.807) is 0 Å². The van der Waals surface area contributed by atoms with Crippen LogP contribution in [0.25, 0.3) is 0 Å². The standard InChI is InChI=1S/C27H56N2O/c1-4-6-8-10-12-14-16-18-20-22-24-29(27(30)26-28-3)25-23-21-19-17-15-13-11-9-7-5-2/h28H,4-26H2,1-3H3. The zero-order valence-corrected chi connectivity index (χ0v) is 21.1. The molecule has 0 saturated heterocycles. The molecule has 30 heavy (non-hydrogen) atoms. The Morgan fingerprint density at radius 2 is 0.833 bits per heavy atom. The number of hydrogen-bond acceptors (Lipinski definition) is 2. The highest BCUT2D eigenvalue weighted by atomic mass is 16.2. The lowest BCUT2D eigenvalue weighted by Gasteiger charge is -2.23. The maximum Gasteiger partial charge on any atom is 0.236 e. The lowest BCUT2D eigenvalue weighted by molar-refractivity contribution is -0.130. The summed E-state index contributed by atoms with van der Waals surface area (Å²) >= 11 is 0. The number of nitrogens with zero attached hydrogens (tertiary/aromatic N) is 1. The summed E-state index contributed by atoms with van der Waals surface area (Å²) < 4.78 is 0. The molecule has 0 radical (unpaired) electrons. The van der Waals surface area contributed by atoms with Gasteiger partial charge in [-0.15, -0.1) is 0 Å². The van der Waals surface area contributed by atoms with Crippen molar-refractivity contribution in [1.82, 2.24) is 10.2 Å². The molecule has 0 fully saturated rings. The minimum Gasteiger partial charge on any atom is -0.342 e. The minimum absolute atomic E-state index is 0.282. The molecule has 0 aromatic rings. The maximum atomic E-state index is 12.4. The van der Waals surface area contributed by atoms with Gasteiger partial charge in [0.25, 0.3) is 0 Å². The van der Waals surface area contributed by atoms with Crippen LogP contribution >= 0.6 is 0 Å². The highest BCUT2D eigenvalue weighted by Crippen LogP contribution is 2.13. The van der Waals surface area contributed by atoms with E-state index in [9.17, 15) is 4.79 Å². The molecule has 180 valence electrons. The topological polar surface area (TPSA) is 32.3 Å². The summed E-state index contributed by atoms with van der Waals surface area (Å²) in [6.45, 7) is 6.95. The SMILES string of the molecule is CCCCCCCCCCCCN(CCCCCCCCCCCC)C(=O)CNC. The van der Waals surface area contributed by atoms with Crippen molar-refractivity contribution in [2.75, 3.05) is 26.7 Å². The Balaban J connectivity index is 3.70. The molecule has 0 aromatic heterocycles. The zero-order valence-electron chi connectivity index (χ0n) is 21.1. The molecule has 0 atom stereocenters. The molecule has 1 amide bonds. The highest BCUT2D eigenvalue weighted by Gasteiger charge is 2.11. The van der Waals surface area contributed by atoms with Crippen LogP contribution in [0.3, 0.4) is 0 Å². The fourth-order valence-corrected chi connectivity index (χ4v) is 4.20. The molecule has 3 nitrogen and oxygen atoms in total. The van der Waals surface area contributed by atoms with E-state index in [1.807, 2.05) is 7.05 Å². The summed E-state index contributed by atoms with van der Waals surface area (Å²) in [6, 6.07) is 0. The van der Waals surface area contributed by atoms with Gasteiger partial charge in [0.15, 0.2) is 0 Å². The summed E-state index contributed by atoms with van der Waals surface area (Å²) in [6.07, 6.45) is 27.0. The third-order valence-electron chi connectivity index (χ3n) is 6.24. The van der Waals surface area contributed by atoms with Gasteiger partial charge in [0.1, 0.15) is 0 Å². The van der Waals surface area contributed by atoms with E-state index in [2.05, 4.69) is 24.1 Å². The summed E-state index contributed by atoms with van der Waals surface area (Å²) in [5, 5.41) is 3.04. The van der Waals surface area contributed by atoms with Gasteiger partial charge in [-0.2, -0.15) is 0 Å². The number of carbonyl (C=O) groups excluding carboxylic acids is 1. The van der Waals surface area contributed by atoms with Crippen LogP contribution in [0.15, 0.2) is 0 Å². The average molecular weight is 425 g/mol. The van der Waals surface area contributed by atoms with E-state index in [4.69, 9.17) is 0 Å². The molecule has 0 rings (SSSR count). The second-order valence-corrected chi connectivity index (χ2v) is 9.28. The average Bonchev–Trinajstić information content (AvgIpc) is 2.75. The quantitative estimate of drug-likeness (QED) is 0.160. The number of amides is 1. The monoisotopic (exact) mass is 424 g/mol. The largest absolute Gasteiger partial charge is 0.342 e. The predicted octanol–water partition coefficient (Wildman–Crippen LogP) is 7.88. The minimum atomic E-state index is 0.282. The number of hydrogen-bond donors (Lipinski definition) is 1. The van der Waals surface area contributed by atoms with Crippen LogP contribution in [-0.4, -0.2) is 37.5 Å². The molecule has 0 aliphatic heterocycles. The number of carbonyl (C=O) groups is 1. The van der Waals surface area contributed by atoms with Crippen molar-refractivity contribution in [2.24, 2.45) is 0 Å². The Morgan fingerprint density at radius 3 is 1.13 bits per heavy atom. The molecule has 0 aromatic carbocycles. The summed E-state index contributed by atoms with van der Waals surface area (Å²) in [5.41, 5.74) is 0. The second-order valence-electron chi connectivity index (χ2n) is 9.28. The van der Waals surface area contributed by atoms with Crippen molar-refractivity contribution in [3.05, 3.63) is 0 Å². The van der Waals surface area contributed by atoms with Crippen LogP contribution in [0.4, 0.5) is 0 Å². The molecular weight excluding hydrogens is 368 g/mol. The van der Waals surface area contributed by atoms with Gasteiger partial charge in [0, 0.05) is 13.1 Å². The van der Waals surface area contributed by atoms with Gasteiger partial charge < -0.3 is 10.2 Å². The van der Waals surface area contributed by atoms with Crippen molar-refractivity contribution in [3.8, 4) is 0 Å². The van der Waals surface area contributed by atoms with E-state index in [0.717, 1.165) is 13.1 Å². The van der Waals surface area contributed by atoms with Gasteiger partial charge in [-0.3, -0.25) is 4.79 Å². The molecule has 1 N–H and O–H groups in total. The van der Waals surface area contributed by atoms with Crippen molar-refractivity contribution < 1.29 is 4.79 Å². The van der Waals surface area contributed by atoms with E-state index < -0.39 is 0 Å². The summed E-state index contributed by atoms with van der Waals surface area (Å²) in [5.74, 6) is 0.282. The highest BCUT2D eigenvalue weighted by molar-refractivity contribution is 5.78. The Kier molecular flexibility index (Phi) is 24.2. The molecule has 0 aliphatic rings. The molecule has 0 spiro atoms. The normalized spacial score (nSPS) is 11.2. The van der Waals surface area contributed by atoms with E-state index in [1.165, 1.54) is 128 Å². The summed E-state index contributed by atoms with van der Waals surface area (Å²) in [7, 11) is 1.87. The molecule has 0 bridgehead atoms. The molecule has 0 heterocycles. The number of rotatable bonds is 24. The van der Waals surface area contributed by atoms with Crippen molar-refractivity contribution >= 4 is 5.91 Å². The fourth-order valence-electron chi connectivity index (χ4n) is 4.20. The van der Waals surface area contributed by atoms with Gasteiger partial charge in [0.2, 0.25) is 5.91 Å². The van der Waals surface area contributed by atoms with Crippen LogP contribution < -0.4 is 5.32 Å². The van der Waals surface area contributed by atoms with Crippen molar-refractivity contribution in [3.63, 3.8) is 0 Å². The van der Waals surface area contributed by atoms with Crippen LogP contribution in [0.1, 0.15) is 142 Å². The Bertz CT molecular complexity index is 322. The molecule has 0 unspecified atom stereocenters. The molecular formula is C27H56N2O. The smallest absolute Gasteiger partial charge is 0.236 e. The van der Waals surface area contributed by atoms with Gasteiger partial charge in [-0.1, -0.05) is 129 Å². The lowest BCUT2D eigenvalue weighted by atomic mass is 10.1. The second kappa shape index (κ2) is 24.7. The van der Waals surface area contributed by atoms with Crippen molar-refractivity contribution in [1.29, 1.82) is 0 Å². The fraction of sp³-hybridized carbons (Fsp3) is 0.963. The molecule has 0 aliphatic carbocycles. The van der Waals surface area contributed by atoms with E-state index in [0.29, 0.717) is 6.54 Å².